The SMILES string of the molecule is COc1cccc(C(O)c2c(C(=O)NC3CCCCCCC3)n(CCCCN3CCCC3)c3ccccc23)c1. The highest BCUT2D eigenvalue weighted by Gasteiger charge is 2.29. The Morgan fingerprint density at radius 1 is 0.949 bits per heavy atom. The Labute approximate surface area is 233 Å². The molecule has 1 atom stereocenters. The maximum atomic E-state index is 14.1. The molecule has 6 heteroatoms. The summed E-state index contributed by atoms with van der Waals surface area (Å²) in [5.41, 5.74) is 3.04. The lowest BCUT2D eigenvalue weighted by atomic mass is 9.95. The van der Waals surface area contributed by atoms with Crippen LogP contribution >= 0.6 is 0 Å². The number of aryl methyl sites for hydroxylation is 1. The van der Waals surface area contributed by atoms with E-state index in [1.54, 1.807) is 7.11 Å². The van der Waals surface area contributed by atoms with E-state index >= 15 is 0 Å². The molecule has 2 N–H and O–H groups in total. The van der Waals surface area contributed by atoms with Crippen LogP contribution in [0, 0.1) is 0 Å². The van der Waals surface area contributed by atoms with E-state index in [-0.39, 0.29) is 11.9 Å². The summed E-state index contributed by atoms with van der Waals surface area (Å²) in [6.07, 6.45) is 11.9. The second kappa shape index (κ2) is 13.5. The first-order valence-corrected chi connectivity index (χ1v) is 15.1. The van der Waals surface area contributed by atoms with Crippen molar-refractivity contribution in [3.05, 3.63) is 65.4 Å². The van der Waals surface area contributed by atoms with Crippen LogP contribution < -0.4 is 10.1 Å². The fourth-order valence-corrected chi connectivity index (χ4v) is 6.53. The predicted molar refractivity (Wildman–Crippen MR) is 157 cm³/mol. The van der Waals surface area contributed by atoms with Gasteiger partial charge in [0, 0.05) is 29.1 Å². The number of nitrogens with one attached hydrogen (secondary N) is 1. The smallest absolute Gasteiger partial charge is 0.268 e. The standard InChI is InChI=1S/C33H45N3O3/c1-39-27-17-13-14-25(24-27)32(37)30-28-18-7-8-19-29(28)36(23-12-11-22-35-20-9-10-21-35)31(30)33(38)34-26-15-5-3-2-4-6-16-26/h7-8,13-14,17-19,24,26,32,37H,2-6,9-12,15-16,20-23H2,1H3,(H,34,38). The van der Waals surface area contributed by atoms with Gasteiger partial charge in [-0.15, -0.1) is 0 Å². The summed E-state index contributed by atoms with van der Waals surface area (Å²) in [5.74, 6) is 0.631. The Morgan fingerprint density at radius 2 is 1.67 bits per heavy atom. The Kier molecular flexibility index (Phi) is 9.59. The van der Waals surface area contributed by atoms with Gasteiger partial charge in [-0.3, -0.25) is 4.79 Å². The average Bonchev–Trinajstić information content (AvgIpc) is 3.58. The van der Waals surface area contributed by atoms with E-state index in [9.17, 15) is 9.90 Å². The first kappa shape index (κ1) is 27.7. The predicted octanol–water partition coefficient (Wildman–Crippen LogP) is 6.45. The summed E-state index contributed by atoms with van der Waals surface area (Å²) in [5, 5.41) is 16.1. The molecule has 0 spiro atoms. The van der Waals surface area contributed by atoms with Crippen molar-refractivity contribution in [1.82, 2.24) is 14.8 Å². The van der Waals surface area contributed by atoms with Gasteiger partial charge in [-0.1, -0.05) is 62.4 Å². The molecular formula is C33H45N3O3. The van der Waals surface area contributed by atoms with Crippen molar-refractivity contribution in [2.24, 2.45) is 0 Å². The highest BCUT2D eigenvalue weighted by molar-refractivity contribution is 6.02. The van der Waals surface area contributed by atoms with Crippen molar-refractivity contribution in [1.29, 1.82) is 0 Å². The van der Waals surface area contributed by atoms with Gasteiger partial charge in [0.1, 0.15) is 17.5 Å². The molecule has 5 rings (SSSR count). The average molecular weight is 532 g/mol. The van der Waals surface area contributed by atoms with Crippen molar-refractivity contribution >= 4 is 16.8 Å². The van der Waals surface area contributed by atoms with Gasteiger partial charge in [-0.2, -0.15) is 0 Å². The Bertz CT molecular complexity index is 1220. The number of benzene rings is 2. The third-order valence-electron chi connectivity index (χ3n) is 8.65. The molecule has 0 radical (unpaired) electrons. The Hall–Kier alpha value is -2.83. The van der Waals surface area contributed by atoms with Crippen LogP contribution in [0.2, 0.25) is 0 Å². The number of fused-ring (bicyclic) bond motifs is 1. The van der Waals surface area contributed by atoms with Crippen molar-refractivity contribution in [2.75, 3.05) is 26.7 Å². The summed E-state index contributed by atoms with van der Waals surface area (Å²) < 4.78 is 7.62. The number of likely N-dealkylation sites (tertiary alicyclic amines) is 1. The number of hydrogen-bond acceptors (Lipinski definition) is 4. The molecule has 2 aliphatic rings. The second-order valence-corrected chi connectivity index (χ2v) is 11.4. The molecule has 1 saturated heterocycles. The summed E-state index contributed by atoms with van der Waals surface area (Å²) in [6.45, 7) is 4.28. The zero-order valence-corrected chi connectivity index (χ0v) is 23.5. The zero-order valence-electron chi connectivity index (χ0n) is 23.5. The second-order valence-electron chi connectivity index (χ2n) is 11.4. The molecule has 6 nitrogen and oxygen atoms in total. The number of aliphatic hydroxyl groups excluding tert-OH is 1. The van der Waals surface area contributed by atoms with Crippen molar-refractivity contribution < 1.29 is 14.6 Å². The minimum atomic E-state index is -0.936. The quantitative estimate of drug-likeness (QED) is 0.295. The Balaban J connectivity index is 1.49. The minimum Gasteiger partial charge on any atom is -0.497 e. The summed E-state index contributed by atoms with van der Waals surface area (Å²) >= 11 is 0. The van der Waals surface area contributed by atoms with E-state index < -0.39 is 6.10 Å². The van der Waals surface area contributed by atoms with Crippen molar-refractivity contribution in [2.45, 2.75) is 89.3 Å². The van der Waals surface area contributed by atoms with Crippen LogP contribution in [-0.2, 0) is 6.54 Å². The lowest BCUT2D eigenvalue weighted by molar-refractivity contribution is 0.0915. The maximum Gasteiger partial charge on any atom is 0.268 e. The van der Waals surface area contributed by atoms with Gasteiger partial charge in [0.25, 0.3) is 5.91 Å². The number of aromatic nitrogens is 1. The van der Waals surface area contributed by atoms with Crippen LogP contribution in [0.15, 0.2) is 48.5 Å². The van der Waals surface area contributed by atoms with Crippen molar-refractivity contribution in [3.63, 3.8) is 0 Å². The van der Waals surface area contributed by atoms with Gasteiger partial charge in [0.15, 0.2) is 0 Å². The van der Waals surface area contributed by atoms with E-state index in [2.05, 4.69) is 20.9 Å². The van der Waals surface area contributed by atoms with Crippen LogP contribution in [0.1, 0.15) is 98.3 Å². The fourth-order valence-electron chi connectivity index (χ4n) is 6.53. The van der Waals surface area contributed by atoms with Crippen LogP contribution in [-0.4, -0.2) is 53.3 Å². The number of nitrogens with zero attached hydrogens (tertiary/aromatic N) is 2. The number of para-hydroxylation sites is 1. The maximum absolute atomic E-state index is 14.1. The van der Waals surface area contributed by atoms with Crippen molar-refractivity contribution in [3.8, 4) is 5.75 Å². The number of aliphatic hydroxyl groups is 1. The molecule has 2 fully saturated rings. The summed E-state index contributed by atoms with van der Waals surface area (Å²) in [7, 11) is 1.63. The number of ether oxygens (including phenoxy) is 1. The van der Waals surface area contributed by atoms with Crippen LogP contribution in [0.3, 0.4) is 0 Å². The monoisotopic (exact) mass is 531 g/mol. The largest absolute Gasteiger partial charge is 0.497 e. The number of unbranched alkanes of at least 4 members (excludes halogenated alkanes) is 1. The number of hydrogen-bond donors (Lipinski definition) is 2. The topological polar surface area (TPSA) is 66.7 Å². The molecule has 39 heavy (non-hydrogen) atoms. The third kappa shape index (κ3) is 6.67. The lowest BCUT2D eigenvalue weighted by Gasteiger charge is -2.23. The van der Waals surface area contributed by atoms with Gasteiger partial charge >= 0.3 is 0 Å². The van der Waals surface area contributed by atoms with E-state index in [4.69, 9.17) is 4.74 Å². The first-order valence-electron chi connectivity index (χ1n) is 15.1. The summed E-state index contributed by atoms with van der Waals surface area (Å²) in [6, 6.07) is 15.9. The molecule has 210 valence electrons. The molecular weight excluding hydrogens is 486 g/mol. The molecule has 3 aromatic rings. The molecule has 0 bridgehead atoms. The first-order chi connectivity index (χ1) is 19.2. The molecule has 1 unspecified atom stereocenters. The molecule has 1 aromatic heterocycles. The number of carbonyl (C=O) groups is 1. The van der Waals surface area contributed by atoms with Gasteiger partial charge < -0.3 is 24.6 Å². The van der Waals surface area contributed by atoms with Gasteiger partial charge in [0.2, 0.25) is 0 Å². The van der Waals surface area contributed by atoms with Gasteiger partial charge in [0.05, 0.1) is 7.11 Å². The number of amides is 1. The molecule has 1 amide bonds. The highest BCUT2D eigenvalue weighted by Crippen LogP contribution is 2.36. The van der Waals surface area contributed by atoms with E-state index in [1.807, 2.05) is 42.5 Å². The Morgan fingerprint density at radius 3 is 2.44 bits per heavy atom. The van der Waals surface area contributed by atoms with Crippen LogP contribution in [0.5, 0.6) is 5.75 Å². The minimum absolute atomic E-state index is 0.0618. The molecule has 1 aliphatic heterocycles. The number of rotatable bonds is 10. The molecule has 1 saturated carbocycles. The van der Waals surface area contributed by atoms with E-state index in [1.165, 1.54) is 45.2 Å². The van der Waals surface area contributed by atoms with Crippen LogP contribution in [0.4, 0.5) is 0 Å². The van der Waals surface area contributed by atoms with Gasteiger partial charge in [-0.05, 0) is 81.9 Å². The number of carbonyl (C=O) groups excluding carboxylic acids is 1. The normalized spacial score (nSPS) is 18.1. The van der Waals surface area contributed by atoms with E-state index in [0.717, 1.165) is 68.1 Å². The highest BCUT2D eigenvalue weighted by atomic mass is 16.5. The lowest BCUT2D eigenvalue weighted by Crippen LogP contribution is -2.37. The third-order valence-corrected chi connectivity index (χ3v) is 8.65. The molecule has 2 heterocycles. The fraction of sp³-hybridized carbons (Fsp3) is 0.545. The molecule has 2 aromatic carbocycles. The zero-order chi connectivity index (χ0) is 27.0. The van der Waals surface area contributed by atoms with Gasteiger partial charge in [-0.25, -0.2) is 0 Å². The summed E-state index contributed by atoms with van der Waals surface area (Å²) in [4.78, 5) is 16.7. The van der Waals surface area contributed by atoms with E-state index in [0.29, 0.717) is 17.0 Å². The number of methoxy groups -OCH3 is 1. The molecule has 1 aliphatic carbocycles. The van der Waals surface area contributed by atoms with Crippen LogP contribution in [0.25, 0.3) is 10.9 Å².